The summed E-state index contributed by atoms with van der Waals surface area (Å²) in [7, 11) is 1.57. The molecule has 0 spiro atoms. The van der Waals surface area contributed by atoms with Gasteiger partial charge in [-0.05, 0) is 55.2 Å². The minimum Gasteiger partial charge on any atom is -0.497 e. The lowest BCUT2D eigenvalue weighted by molar-refractivity contribution is -0.135. The van der Waals surface area contributed by atoms with Crippen LogP contribution in [0.4, 0.5) is 0 Å². The van der Waals surface area contributed by atoms with Crippen LogP contribution >= 0.6 is 0 Å². The van der Waals surface area contributed by atoms with Crippen molar-refractivity contribution in [1.29, 1.82) is 0 Å². The Morgan fingerprint density at radius 1 is 0.918 bits per heavy atom. The first-order valence-electron chi connectivity index (χ1n) is 16.2. The summed E-state index contributed by atoms with van der Waals surface area (Å²) in [6.07, 6.45) is -0.882. The summed E-state index contributed by atoms with van der Waals surface area (Å²) in [6.45, 7) is 1.90. The fourth-order valence-electron chi connectivity index (χ4n) is 5.20. The molecule has 0 fully saturated rings. The van der Waals surface area contributed by atoms with Crippen LogP contribution in [0.3, 0.4) is 0 Å². The van der Waals surface area contributed by atoms with E-state index in [4.69, 9.17) is 9.47 Å². The van der Waals surface area contributed by atoms with E-state index >= 15 is 0 Å². The highest BCUT2D eigenvalue weighted by atomic mass is 16.5. The van der Waals surface area contributed by atoms with Crippen molar-refractivity contribution in [2.24, 2.45) is 0 Å². The van der Waals surface area contributed by atoms with E-state index in [9.17, 15) is 29.1 Å². The Hall–Kier alpha value is -5.43. The molecule has 1 aliphatic heterocycles. The summed E-state index contributed by atoms with van der Waals surface area (Å²) in [4.78, 5) is 66.9. The van der Waals surface area contributed by atoms with Gasteiger partial charge in [-0.25, -0.2) is 0 Å². The van der Waals surface area contributed by atoms with Gasteiger partial charge in [-0.3, -0.25) is 24.0 Å². The molecule has 4 rings (SSSR count). The summed E-state index contributed by atoms with van der Waals surface area (Å²) in [5.74, 6) is -2.35. The summed E-state index contributed by atoms with van der Waals surface area (Å²) in [5, 5.41) is 23.9. The Morgan fingerprint density at radius 2 is 1.63 bits per heavy atom. The van der Waals surface area contributed by atoms with Crippen LogP contribution in [0, 0.1) is 0 Å². The summed E-state index contributed by atoms with van der Waals surface area (Å²) in [6, 6.07) is 19.1. The Balaban J connectivity index is 1.56. The molecular weight excluding hydrogens is 630 g/mol. The van der Waals surface area contributed by atoms with Gasteiger partial charge in [-0.1, -0.05) is 54.6 Å². The normalized spacial score (nSPS) is 20.0. The molecule has 260 valence electrons. The number of carbonyl (C=O) groups is 5. The highest BCUT2D eigenvalue weighted by molar-refractivity contribution is 6.01. The largest absolute Gasteiger partial charge is 0.497 e. The lowest BCUT2D eigenvalue weighted by Crippen LogP contribution is -2.58. The number of amides is 5. The van der Waals surface area contributed by atoms with E-state index in [1.54, 1.807) is 37.4 Å². The van der Waals surface area contributed by atoms with Crippen molar-refractivity contribution in [1.82, 2.24) is 26.6 Å². The van der Waals surface area contributed by atoms with Crippen LogP contribution in [-0.2, 0) is 32.0 Å². The van der Waals surface area contributed by atoms with Crippen LogP contribution in [-0.4, -0.2) is 85.7 Å². The second kappa shape index (κ2) is 18.2. The fourth-order valence-corrected chi connectivity index (χ4v) is 5.20. The summed E-state index contributed by atoms with van der Waals surface area (Å²) < 4.78 is 11.0. The zero-order valence-electron chi connectivity index (χ0n) is 27.6. The smallest absolute Gasteiger partial charge is 0.255 e. The molecule has 13 nitrogen and oxygen atoms in total. The van der Waals surface area contributed by atoms with Crippen LogP contribution < -0.4 is 36.1 Å². The van der Waals surface area contributed by atoms with E-state index in [1.165, 1.54) is 13.0 Å². The van der Waals surface area contributed by atoms with Crippen molar-refractivity contribution in [3.05, 3.63) is 95.6 Å². The third-order valence-electron chi connectivity index (χ3n) is 7.89. The molecule has 0 saturated heterocycles. The number of nitrogens with one attached hydrogen (secondary N) is 5. The Kier molecular flexibility index (Phi) is 13.5. The van der Waals surface area contributed by atoms with Crippen molar-refractivity contribution in [3.8, 4) is 11.5 Å². The van der Waals surface area contributed by atoms with Crippen molar-refractivity contribution in [2.75, 3.05) is 26.8 Å². The molecule has 4 atom stereocenters. The molecule has 0 aliphatic carbocycles. The van der Waals surface area contributed by atoms with Crippen LogP contribution in [0.25, 0.3) is 0 Å². The van der Waals surface area contributed by atoms with Gasteiger partial charge in [-0.2, -0.15) is 0 Å². The lowest BCUT2D eigenvalue weighted by atomic mass is 10.0. The average molecular weight is 674 g/mol. The fraction of sp³-hybridized carbons (Fsp3) is 0.361. The maximum atomic E-state index is 13.5. The molecule has 0 unspecified atom stereocenters. The number of methoxy groups -OCH3 is 1. The van der Waals surface area contributed by atoms with Crippen molar-refractivity contribution < 1.29 is 38.6 Å². The van der Waals surface area contributed by atoms with E-state index in [2.05, 4.69) is 26.6 Å². The van der Waals surface area contributed by atoms with Gasteiger partial charge in [0.25, 0.3) is 5.91 Å². The monoisotopic (exact) mass is 673 g/mol. The predicted molar refractivity (Wildman–Crippen MR) is 181 cm³/mol. The maximum Gasteiger partial charge on any atom is 0.255 e. The SMILES string of the molecule is COc1ccc(CCNC(=O)[C@@H]2CC(=O)N[C@@H]([C@@H](C)O)C(=O)N[C@@H](Cc3ccccc3)C(=O)NCCCOc3ccccc3C(=O)N2)cc1. The topological polar surface area (TPSA) is 184 Å². The van der Waals surface area contributed by atoms with Gasteiger partial charge in [0.1, 0.15) is 29.6 Å². The predicted octanol–water partition coefficient (Wildman–Crippen LogP) is 1.03. The van der Waals surface area contributed by atoms with Crippen molar-refractivity contribution in [3.63, 3.8) is 0 Å². The molecule has 0 bridgehead atoms. The number of fused-ring (bicyclic) bond motifs is 1. The van der Waals surface area contributed by atoms with Gasteiger partial charge >= 0.3 is 0 Å². The number of hydrogen-bond donors (Lipinski definition) is 6. The molecule has 5 amide bonds. The number of benzene rings is 3. The Bertz CT molecular complexity index is 1580. The zero-order valence-corrected chi connectivity index (χ0v) is 27.6. The first-order chi connectivity index (χ1) is 23.6. The number of hydrogen-bond acceptors (Lipinski definition) is 8. The first-order valence-corrected chi connectivity index (χ1v) is 16.2. The van der Waals surface area contributed by atoms with Gasteiger partial charge in [0.05, 0.1) is 31.8 Å². The second-order valence-corrected chi connectivity index (χ2v) is 11.6. The number of aliphatic hydroxyl groups is 1. The number of aliphatic hydroxyl groups excluding tert-OH is 1. The molecule has 6 N–H and O–H groups in total. The number of rotatable bonds is 8. The standard InChI is InChI=1S/C36H43N5O8/c1-23(42)32-36(47)40-28(21-25-9-4-3-5-10-25)34(45)37-18-8-20-49-30-12-7-6-11-27(30)33(44)39-29(22-31(43)41-32)35(46)38-19-17-24-13-15-26(48-2)16-14-24/h3-7,9-16,23,28-29,32,42H,8,17-22H2,1-2H3,(H,37,45)(H,38,46)(H,39,44)(H,40,47)(H,41,43)/t23-,28+,29+,32+/m1/s1. The average Bonchev–Trinajstić information content (AvgIpc) is 3.10. The van der Waals surface area contributed by atoms with Crippen molar-refractivity contribution in [2.45, 2.75) is 56.8 Å². The van der Waals surface area contributed by atoms with Crippen LogP contribution in [0.1, 0.15) is 41.3 Å². The van der Waals surface area contributed by atoms with Gasteiger partial charge in [-0.15, -0.1) is 0 Å². The molecule has 0 radical (unpaired) electrons. The van der Waals surface area contributed by atoms with Gasteiger partial charge in [0, 0.05) is 19.5 Å². The van der Waals surface area contributed by atoms with E-state index in [1.807, 2.05) is 42.5 Å². The Labute approximate surface area is 285 Å². The van der Waals surface area contributed by atoms with Gasteiger partial charge in [0.15, 0.2) is 0 Å². The number of ether oxygens (including phenoxy) is 2. The van der Waals surface area contributed by atoms with Crippen molar-refractivity contribution >= 4 is 29.5 Å². The molecule has 13 heteroatoms. The third kappa shape index (κ3) is 11.1. The van der Waals surface area contributed by atoms with Gasteiger partial charge in [0.2, 0.25) is 23.6 Å². The second-order valence-electron chi connectivity index (χ2n) is 11.6. The van der Waals surface area contributed by atoms with Crippen LogP contribution in [0.2, 0.25) is 0 Å². The van der Waals surface area contributed by atoms with E-state index in [0.717, 1.165) is 11.1 Å². The lowest BCUT2D eigenvalue weighted by Gasteiger charge is -2.26. The first kappa shape index (κ1) is 36.4. The molecule has 0 saturated carbocycles. The molecule has 49 heavy (non-hydrogen) atoms. The quantitative estimate of drug-likeness (QED) is 0.205. The molecule has 0 aromatic heterocycles. The molecule has 3 aromatic rings. The number of carbonyl (C=O) groups excluding carboxylic acids is 5. The zero-order chi connectivity index (χ0) is 35.2. The van der Waals surface area contributed by atoms with Gasteiger partial charge < -0.3 is 41.2 Å². The third-order valence-corrected chi connectivity index (χ3v) is 7.89. The minimum absolute atomic E-state index is 0.147. The highest BCUT2D eigenvalue weighted by Gasteiger charge is 2.32. The van der Waals surface area contributed by atoms with E-state index in [0.29, 0.717) is 18.6 Å². The number of para-hydroxylation sites is 1. The Morgan fingerprint density at radius 3 is 2.35 bits per heavy atom. The minimum atomic E-state index is -1.46. The van der Waals surface area contributed by atoms with E-state index < -0.39 is 60.2 Å². The van der Waals surface area contributed by atoms with Crippen LogP contribution in [0.15, 0.2) is 78.9 Å². The summed E-state index contributed by atoms with van der Waals surface area (Å²) in [5.41, 5.74) is 1.87. The molecule has 1 heterocycles. The van der Waals surface area contributed by atoms with Crippen LogP contribution in [0.5, 0.6) is 11.5 Å². The maximum absolute atomic E-state index is 13.5. The van der Waals surface area contributed by atoms with E-state index in [-0.39, 0.29) is 37.4 Å². The molecule has 1 aliphatic rings. The molecule has 3 aromatic carbocycles. The highest BCUT2D eigenvalue weighted by Crippen LogP contribution is 2.19. The molecular formula is C36H43N5O8. The summed E-state index contributed by atoms with van der Waals surface area (Å²) >= 11 is 0.